The molecule has 0 radical (unpaired) electrons. The molecule has 3 heterocycles. The summed E-state index contributed by atoms with van der Waals surface area (Å²) < 4.78 is 3.82. The standard InChI is InChI=1S/C11H12N6O/c1-6-9(8-7(12)5-14-10(18)15-8)16(2)11-13-3-4-17(6)11/h3-5H,12H2,1-2H3,(H,14,15,18). The van der Waals surface area contributed by atoms with Gasteiger partial charge in [-0.05, 0) is 6.92 Å². The zero-order chi connectivity index (χ0) is 12.9. The Kier molecular flexibility index (Phi) is 2.03. The molecule has 0 aliphatic rings. The van der Waals surface area contributed by atoms with Crippen molar-refractivity contribution < 1.29 is 0 Å². The number of nitrogens with zero attached hydrogens (tertiary/aromatic N) is 4. The highest BCUT2D eigenvalue weighted by molar-refractivity contribution is 5.73. The number of aromatic amines is 1. The molecule has 7 heteroatoms. The number of nitrogens with one attached hydrogen (secondary N) is 1. The molecule has 0 spiro atoms. The molecule has 0 bridgehead atoms. The van der Waals surface area contributed by atoms with Crippen molar-refractivity contribution in [3.05, 3.63) is 34.8 Å². The van der Waals surface area contributed by atoms with E-state index in [9.17, 15) is 4.79 Å². The van der Waals surface area contributed by atoms with Crippen molar-refractivity contribution in [2.75, 3.05) is 5.73 Å². The van der Waals surface area contributed by atoms with Gasteiger partial charge in [0.1, 0.15) is 0 Å². The average molecular weight is 244 g/mol. The summed E-state index contributed by atoms with van der Waals surface area (Å²) in [5.41, 5.74) is 8.24. The molecule has 18 heavy (non-hydrogen) atoms. The normalized spacial score (nSPS) is 11.2. The molecule has 3 aromatic heterocycles. The van der Waals surface area contributed by atoms with Crippen molar-refractivity contribution in [1.82, 2.24) is 23.9 Å². The van der Waals surface area contributed by atoms with E-state index in [-0.39, 0.29) is 0 Å². The lowest BCUT2D eigenvalue weighted by Gasteiger charge is -2.06. The largest absolute Gasteiger partial charge is 0.396 e. The number of aryl methyl sites for hydroxylation is 2. The van der Waals surface area contributed by atoms with Crippen LogP contribution in [0, 0.1) is 6.92 Å². The van der Waals surface area contributed by atoms with Gasteiger partial charge in [-0.2, -0.15) is 4.98 Å². The van der Waals surface area contributed by atoms with E-state index in [0.717, 1.165) is 17.2 Å². The molecule has 7 nitrogen and oxygen atoms in total. The van der Waals surface area contributed by atoms with E-state index in [1.807, 2.05) is 29.1 Å². The molecule has 0 fully saturated rings. The summed E-state index contributed by atoms with van der Waals surface area (Å²) in [5, 5.41) is 0. The van der Waals surface area contributed by atoms with Gasteiger partial charge in [0.25, 0.3) is 0 Å². The van der Waals surface area contributed by atoms with Gasteiger partial charge in [-0.15, -0.1) is 0 Å². The molecule has 0 saturated heterocycles. The number of nitrogens with two attached hydrogens (primary N) is 1. The molecule has 92 valence electrons. The van der Waals surface area contributed by atoms with E-state index in [1.165, 1.54) is 6.20 Å². The van der Waals surface area contributed by atoms with Gasteiger partial charge in [-0.25, -0.2) is 9.78 Å². The minimum absolute atomic E-state index is 0.419. The molecule has 3 N–H and O–H groups in total. The summed E-state index contributed by atoms with van der Waals surface area (Å²) in [6.45, 7) is 1.95. The van der Waals surface area contributed by atoms with Crippen LogP contribution in [-0.4, -0.2) is 23.9 Å². The number of anilines is 1. The quantitative estimate of drug-likeness (QED) is 0.644. The second-order valence-corrected chi connectivity index (χ2v) is 4.11. The van der Waals surface area contributed by atoms with E-state index >= 15 is 0 Å². The van der Waals surface area contributed by atoms with Crippen LogP contribution in [0.2, 0.25) is 0 Å². The van der Waals surface area contributed by atoms with Crippen LogP contribution in [0.4, 0.5) is 5.69 Å². The van der Waals surface area contributed by atoms with Crippen molar-refractivity contribution in [2.45, 2.75) is 6.92 Å². The van der Waals surface area contributed by atoms with E-state index in [0.29, 0.717) is 11.4 Å². The fourth-order valence-corrected chi connectivity index (χ4v) is 2.21. The fourth-order valence-electron chi connectivity index (χ4n) is 2.21. The number of imidazole rings is 2. The van der Waals surface area contributed by atoms with Crippen LogP contribution >= 0.6 is 0 Å². The van der Waals surface area contributed by atoms with Crippen molar-refractivity contribution in [2.24, 2.45) is 7.05 Å². The first-order valence-corrected chi connectivity index (χ1v) is 5.43. The van der Waals surface area contributed by atoms with Crippen LogP contribution in [-0.2, 0) is 7.05 Å². The Morgan fingerprint density at radius 2 is 2.17 bits per heavy atom. The van der Waals surface area contributed by atoms with Crippen LogP contribution in [0.15, 0.2) is 23.4 Å². The average Bonchev–Trinajstić information content (AvgIpc) is 2.89. The molecular formula is C11H12N6O. The Bertz CT molecular complexity index is 759. The second kappa shape index (κ2) is 3.46. The van der Waals surface area contributed by atoms with Crippen LogP contribution in [0.25, 0.3) is 17.2 Å². The minimum Gasteiger partial charge on any atom is -0.396 e. The number of hydrogen-bond donors (Lipinski definition) is 2. The zero-order valence-electron chi connectivity index (χ0n) is 10.0. The third-order valence-corrected chi connectivity index (χ3v) is 3.04. The highest BCUT2D eigenvalue weighted by Crippen LogP contribution is 2.27. The fraction of sp³-hybridized carbons (Fsp3) is 0.182. The topological polar surface area (TPSA) is 94.0 Å². The van der Waals surface area contributed by atoms with E-state index < -0.39 is 5.69 Å². The summed E-state index contributed by atoms with van der Waals surface area (Å²) in [5.74, 6) is 0.791. The van der Waals surface area contributed by atoms with Crippen LogP contribution in [0.5, 0.6) is 0 Å². The first-order chi connectivity index (χ1) is 8.59. The van der Waals surface area contributed by atoms with E-state index in [1.54, 1.807) is 6.20 Å². The predicted octanol–water partition coefficient (Wildman–Crippen LogP) is 0.314. The highest BCUT2D eigenvalue weighted by atomic mass is 16.1. The number of aromatic nitrogens is 5. The lowest BCUT2D eigenvalue weighted by Crippen LogP contribution is -2.13. The summed E-state index contributed by atoms with van der Waals surface area (Å²) in [6, 6.07) is 0. The Balaban J connectivity index is 2.41. The molecule has 0 aromatic carbocycles. The molecule has 0 unspecified atom stereocenters. The highest BCUT2D eigenvalue weighted by Gasteiger charge is 2.17. The minimum atomic E-state index is -0.419. The Morgan fingerprint density at radius 3 is 2.89 bits per heavy atom. The Morgan fingerprint density at radius 1 is 1.39 bits per heavy atom. The van der Waals surface area contributed by atoms with E-state index in [2.05, 4.69) is 15.0 Å². The van der Waals surface area contributed by atoms with Gasteiger partial charge in [0, 0.05) is 25.1 Å². The maximum Gasteiger partial charge on any atom is 0.345 e. The molecule has 0 aliphatic carbocycles. The smallest absolute Gasteiger partial charge is 0.345 e. The van der Waals surface area contributed by atoms with Gasteiger partial charge in [-0.1, -0.05) is 0 Å². The maximum atomic E-state index is 11.3. The van der Waals surface area contributed by atoms with Crippen LogP contribution in [0.3, 0.4) is 0 Å². The summed E-state index contributed by atoms with van der Waals surface area (Å²) >= 11 is 0. The summed E-state index contributed by atoms with van der Waals surface area (Å²) in [6.07, 6.45) is 4.96. The first kappa shape index (κ1) is 10.6. The third kappa shape index (κ3) is 1.27. The SMILES string of the molecule is Cc1c(-c2[nH]c(=O)ncc2N)n(C)c2nccn12. The van der Waals surface area contributed by atoms with Gasteiger partial charge in [0.2, 0.25) is 5.78 Å². The molecule has 3 aromatic rings. The van der Waals surface area contributed by atoms with Gasteiger partial charge in [0.15, 0.2) is 0 Å². The second-order valence-electron chi connectivity index (χ2n) is 4.11. The van der Waals surface area contributed by atoms with Crippen molar-refractivity contribution in [3.8, 4) is 11.4 Å². The number of H-pyrrole nitrogens is 1. The van der Waals surface area contributed by atoms with Crippen molar-refractivity contribution in [3.63, 3.8) is 0 Å². The number of fused-ring (bicyclic) bond motifs is 1. The van der Waals surface area contributed by atoms with Gasteiger partial charge < -0.3 is 15.3 Å². The zero-order valence-corrected chi connectivity index (χ0v) is 10.0. The molecule has 0 saturated carbocycles. The first-order valence-electron chi connectivity index (χ1n) is 5.43. The van der Waals surface area contributed by atoms with E-state index in [4.69, 9.17) is 5.73 Å². The number of rotatable bonds is 1. The predicted molar refractivity (Wildman–Crippen MR) is 67.2 cm³/mol. The lowest BCUT2D eigenvalue weighted by atomic mass is 10.2. The summed E-state index contributed by atoms with van der Waals surface area (Å²) in [7, 11) is 1.88. The monoisotopic (exact) mass is 244 g/mol. The molecule has 3 rings (SSSR count). The molecule has 0 aliphatic heterocycles. The van der Waals surface area contributed by atoms with Gasteiger partial charge in [0.05, 0.1) is 23.3 Å². The van der Waals surface area contributed by atoms with Crippen LogP contribution < -0.4 is 11.4 Å². The summed E-state index contributed by atoms with van der Waals surface area (Å²) in [4.78, 5) is 21.9. The molecule has 0 atom stereocenters. The van der Waals surface area contributed by atoms with Gasteiger partial charge in [-0.3, -0.25) is 4.40 Å². The maximum absolute atomic E-state index is 11.3. The Labute approximate surface area is 102 Å². The Hall–Kier alpha value is -2.57. The number of hydrogen-bond acceptors (Lipinski definition) is 4. The number of nitrogen functional groups attached to an aromatic ring is 1. The van der Waals surface area contributed by atoms with Crippen molar-refractivity contribution in [1.29, 1.82) is 0 Å². The molecule has 0 amide bonds. The van der Waals surface area contributed by atoms with Crippen molar-refractivity contribution >= 4 is 11.5 Å². The molecular weight excluding hydrogens is 232 g/mol. The van der Waals surface area contributed by atoms with Gasteiger partial charge >= 0.3 is 5.69 Å². The van der Waals surface area contributed by atoms with Crippen LogP contribution in [0.1, 0.15) is 5.69 Å². The lowest BCUT2D eigenvalue weighted by molar-refractivity contribution is 0.934. The third-order valence-electron chi connectivity index (χ3n) is 3.04.